The molecule has 7 heterocycles. The van der Waals surface area contributed by atoms with Crippen molar-refractivity contribution in [1.29, 1.82) is 0 Å². The zero-order valence-corrected chi connectivity index (χ0v) is 57.3. The van der Waals surface area contributed by atoms with Crippen LogP contribution in [0.15, 0.2) is 173 Å². The van der Waals surface area contributed by atoms with Gasteiger partial charge in [-0.1, -0.05) is 48.5 Å². The minimum absolute atomic E-state index is 0.173. The third-order valence-corrected chi connectivity index (χ3v) is 19.4. The maximum atomic E-state index is 14.0. The molecule has 0 saturated carbocycles. The molecule has 0 spiro atoms. The molecule has 2 N–H and O–H groups in total. The lowest BCUT2D eigenvalue weighted by Crippen LogP contribution is -2.27. The molecular weight excluding hydrogens is 1290 g/mol. The number of ether oxygens (including phenoxy) is 2. The number of para-hydroxylation sites is 2. The van der Waals surface area contributed by atoms with E-state index >= 15 is 0 Å². The van der Waals surface area contributed by atoms with Crippen LogP contribution >= 0.6 is 0 Å². The van der Waals surface area contributed by atoms with E-state index in [1.54, 1.807) is 69.5 Å². The molecule has 7 aromatic heterocycles. The van der Waals surface area contributed by atoms with Crippen LogP contribution in [-0.4, -0.2) is 107 Å². The highest BCUT2D eigenvalue weighted by atomic mass is 32.2. The molecule has 2 amide bonds. The van der Waals surface area contributed by atoms with E-state index in [0.29, 0.717) is 84.8 Å². The number of furan rings is 2. The number of benzene rings is 6. The van der Waals surface area contributed by atoms with Crippen LogP contribution in [0.5, 0.6) is 0 Å². The smallest absolute Gasteiger partial charge is 0.419 e. The molecule has 19 nitrogen and oxygen atoms in total. The molecule has 23 heteroatoms. The van der Waals surface area contributed by atoms with Crippen molar-refractivity contribution in [3.05, 3.63) is 204 Å². The van der Waals surface area contributed by atoms with E-state index in [0.717, 1.165) is 60.7 Å². The number of carbonyl (C=O) groups is 3. The minimum atomic E-state index is -3.83. The fourth-order valence-corrected chi connectivity index (χ4v) is 13.2. The Kier molecular flexibility index (Phi) is 17.6. The SMILES string of the molecule is CCO/C=C/c1ccc(-c2cc3c(C(=O)NC)c(-c4ccc(F)cc4)oc3cc2N(C)S(C)(=O)=O)nc1-c1c(C)c2ccccc2n1C(=O)OC(C)(C)C.CNC(=O)c1c(-c2ccc(F)cc2)oc2cc(N(C)S(C)(=O)=O)c(-c3ccc4ccn5c6ccccc6c(C)c5c4n3)cc12. The average molecular weight is 1360 g/mol. The van der Waals surface area contributed by atoms with Crippen LogP contribution in [0.3, 0.4) is 0 Å². The number of rotatable bonds is 14. The fourth-order valence-electron chi connectivity index (χ4n) is 12.2. The third kappa shape index (κ3) is 12.3. The van der Waals surface area contributed by atoms with Gasteiger partial charge in [-0.05, 0) is 150 Å². The summed E-state index contributed by atoms with van der Waals surface area (Å²) in [5, 5.41) is 9.02. The van der Waals surface area contributed by atoms with Crippen molar-refractivity contribution in [1.82, 2.24) is 29.6 Å². The Labute approximate surface area is 563 Å². The van der Waals surface area contributed by atoms with Crippen LogP contribution in [0, 0.1) is 25.5 Å². The van der Waals surface area contributed by atoms with Crippen LogP contribution in [0.1, 0.15) is 65.1 Å². The van der Waals surface area contributed by atoms with Crippen molar-refractivity contribution in [2.45, 2.75) is 47.1 Å². The Bertz CT molecular complexity index is 5670. The molecule has 0 aliphatic rings. The van der Waals surface area contributed by atoms with Crippen molar-refractivity contribution in [2.75, 3.05) is 55.9 Å². The molecule has 6 aromatic carbocycles. The summed E-state index contributed by atoms with van der Waals surface area (Å²) in [6.07, 6.45) is 6.91. The normalized spacial score (nSPS) is 12.1. The minimum Gasteiger partial charge on any atom is -0.501 e. The number of halogens is 2. The number of aromatic nitrogens is 4. The highest BCUT2D eigenvalue weighted by Crippen LogP contribution is 2.45. The first-order valence-corrected chi connectivity index (χ1v) is 34.8. The Morgan fingerprint density at radius 3 is 1.61 bits per heavy atom. The standard InChI is InChI=1S/C41H41FN4O7S.C34H27FN4O4S/c1-9-51-21-20-25-16-19-31(44-36(25)37-24(2)28-12-10-11-13-32(28)46(37)40(48)53-41(3,4)5)29-22-30-34(23-33(29)45(7)54(8,49)50)52-38(35(30)39(47)43-6)26-14-17-27(42)18-15-26;1-19-23-7-5-6-8-27(23)39-16-15-20-11-14-26(37-31(20)32(19)39)24-17-25-29(18-28(24)38(3)44(4,41)42)43-33(30(25)34(40)36-2)21-9-12-22(35)13-10-21/h10-23H,9H2,1-8H3,(H,43,47);5-18H,1-4H3,(H,36,40)/b21-20+;. The van der Waals surface area contributed by atoms with E-state index in [1.807, 2.05) is 74.6 Å². The summed E-state index contributed by atoms with van der Waals surface area (Å²) < 4.78 is 109. The molecule has 0 atom stereocenters. The fraction of sp³-hybridized carbons (Fsp3) is 0.187. The topological polar surface area (TPSA) is 230 Å². The molecule has 13 rings (SSSR count). The van der Waals surface area contributed by atoms with Crippen molar-refractivity contribution in [3.8, 4) is 56.6 Å². The second kappa shape index (κ2) is 25.8. The summed E-state index contributed by atoms with van der Waals surface area (Å²) >= 11 is 0. The predicted octanol–water partition coefficient (Wildman–Crippen LogP) is 15.7. The third-order valence-electron chi connectivity index (χ3n) is 17.0. The molecule has 0 unspecified atom stereocenters. The van der Waals surface area contributed by atoms with Crippen molar-refractivity contribution in [3.63, 3.8) is 0 Å². The van der Waals surface area contributed by atoms with Gasteiger partial charge in [-0.3, -0.25) is 18.2 Å². The number of nitrogens with one attached hydrogen (secondary N) is 2. The van der Waals surface area contributed by atoms with Gasteiger partial charge in [0.15, 0.2) is 0 Å². The number of nitrogens with zero attached hydrogens (tertiary/aromatic N) is 6. The molecule has 0 radical (unpaired) electrons. The van der Waals surface area contributed by atoms with Crippen molar-refractivity contribution < 1.29 is 58.3 Å². The lowest BCUT2D eigenvalue weighted by molar-refractivity contribution is 0.0546. The second-order valence-electron chi connectivity index (χ2n) is 24.5. The first kappa shape index (κ1) is 66.8. The highest BCUT2D eigenvalue weighted by Gasteiger charge is 2.32. The highest BCUT2D eigenvalue weighted by molar-refractivity contribution is 7.92. The van der Waals surface area contributed by atoms with E-state index in [1.165, 1.54) is 85.6 Å². The van der Waals surface area contributed by atoms with Gasteiger partial charge in [0.2, 0.25) is 20.0 Å². The Morgan fingerprint density at radius 2 is 1.11 bits per heavy atom. The van der Waals surface area contributed by atoms with Gasteiger partial charge in [-0.15, -0.1) is 0 Å². The summed E-state index contributed by atoms with van der Waals surface area (Å²) in [7, 11) is -1.65. The number of carbonyl (C=O) groups excluding carboxylic acids is 3. The number of aryl methyl sites for hydroxylation is 2. The van der Waals surface area contributed by atoms with Crippen molar-refractivity contribution in [2.24, 2.45) is 0 Å². The van der Waals surface area contributed by atoms with E-state index in [2.05, 4.69) is 34.1 Å². The maximum absolute atomic E-state index is 14.0. The number of fused-ring (bicyclic) bond motifs is 8. The van der Waals surface area contributed by atoms with E-state index in [4.69, 9.17) is 28.3 Å². The second-order valence-corrected chi connectivity index (χ2v) is 28.5. The van der Waals surface area contributed by atoms with Gasteiger partial charge in [-0.2, -0.15) is 0 Å². The van der Waals surface area contributed by atoms with Crippen LogP contribution < -0.4 is 19.2 Å². The van der Waals surface area contributed by atoms with Gasteiger partial charge >= 0.3 is 6.09 Å². The summed E-state index contributed by atoms with van der Waals surface area (Å²) in [5.41, 5.74) is 10.1. The van der Waals surface area contributed by atoms with E-state index < -0.39 is 55.2 Å². The van der Waals surface area contributed by atoms with Crippen LogP contribution in [0.2, 0.25) is 0 Å². The Hall–Kier alpha value is -11.2. The van der Waals surface area contributed by atoms with Crippen LogP contribution in [0.25, 0.3) is 123 Å². The average Bonchev–Trinajstić information content (AvgIpc) is 1.62. The number of anilines is 2. The van der Waals surface area contributed by atoms with Crippen LogP contribution in [0.4, 0.5) is 25.0 Å². The molecule has 13 aromatic rings. The molecular formula is C75H68F2N8O11S2. The monoisotopic (exact) mass is 1360 g/mol. The van der Waals surface area contributed by atoms with Gasteiger partial charge < -0.3 is 33.3 Å². The first-order valence-electron chi connectivity index (χ1n) is 31.1. The lowest BCUT2D eigenvalue weighted by Gasteiger charge is -2.22. The number of amides is 2. The van der Waals surface area contributed by atoms with Gasteiger partial charge in [0.25, 0.3) is 11.8 Å². The first-order chi connectivity index (χ1) is 46.6. The maximum Gasteiger partial charge on any atom is 0.419 e. The molecule has 98 heavy (non-hydrogen) atoms. The summed E-state index contributed by atoms with van der Waals surface area (Å²) in [6.45, 7) is 11.6. The molecule has 0 aliphatic carbocycles. The van der Waals surface area contributed by atoms with Gasteiger partial charge in [0.05, 0.1) is 92.7 Å². The van der Waals surface area contributed by atoms with Crippen LogP contribution in [-0.2, 0) is 29.5 Å². The number of hydrogen-bond donors (Lipinski definition) is 2. The largest absolute Gasteiger partial charge is 0.501 e. The van der Waals surface area contributed by atoms with Gasteiger partial charge in [0.1, 0.15) is 39.9 Å². The van der Waals surface area contributed by atoms with Gasteiger partial charge in [-0.25, -0.2) is 44.9 Å². The summed E-state index contributed by atoms with van der Waals surface area (Å²) in [6, 6.07) is 42.7. The molecule has 500 valence electrons. The lowest BCUT2D eigenvalue weighted by atomic mass is 9.99. The number of sulfonamides is 2. The zero-order chi connectivity index (χ0) is 70.0. The molecule has 0 bridgehead atoms. The molecule has 0 fully saturated rings. The Morgan fingerprint density at radius 1 is 0.622 bits per heavy atom. The predicted molar refractivity (Wildman–Crippen MR) is 382 cm³/mol. The van der Waals surface area contributed by atoms with Crippen molar-refractivity contribution >= 4 is 116 Å². The summed E-state index contributed by atoms with van der Waals surface area (Å²) in [4.78, 5) is 51.0. The quantitative estimate of drug-likeness (QED) is 0.0966. The Balaban J connectivity index is 0.000000190. The van der Waals surface area contributed by atoms with Gasteiger partial charge in [0, 0.05) is 101 Å². The molecule has 0 aliphatic heterocycles. The van der Waals surface area contributed by atoms with E-state index in [9.17, 15) is 40.0 Å². The zero-order valence-electron chi connectivity index (χ0n) is 55.6. The molecule has 0 saturated heterocycles. The summed E-state index contributed by atoms with van der Waals surface area (Å²) in [5.74, 6) is -1.33. The number of hydrogen-bond acceptors (Lipinski definition) is 13. The number of pyridine rings is 3. The van der Waals surface area contributed by atoms with E-state index in [-0.39, 0.29) is 33.9 Å².